The lowest BCUT2D eigenvalue weighted by Gasteiger charge is -2.26. The molecule has 130 valence electrons. The van der Waals surface area contributed by atoms with Gasteiger partial charge in [0.15, 0.2) is 0 Å². The second kappa shape index (κ2) is 9.39. The molecular formula is C15H30O5P2. The third kappa shape index (κ3) is 7.10. The fraction of sp³-hybridized carbons (Fsp3) is 0.867. The van der Waals surface area contributed by atoms with Crippen LogP contribution < -0.4 is 0 Å². The Hall–Kier alpha value is 0.0800. The monoisotopic (exact) mass is 352 g/mol. The fourth-order valence-corrected chi connectivity index (χ4v) is 7.55. The van der Waals surface area contributed by atoms with Gasteiger partial charge in [-0.25, -0.2) is 0 Å². The van der Waals surface area contributed by atoms with Gasteiger partial charge in [0, 0.05) is 6.16 Å². The predicted molar refractivity (Wildman–Crippen MR) is 90.4 cm³/mol. The van der Waals surface area contributed by atoms with E-state index in [4.69, 9.17) is 0 Å². The molecule has 0 radical (unpaired) electrons. The Labute approximate surface area is 133 Å². The van der Waals surface area contributed by atoms with E-state index in [1.54, 1.807) is 6.08 Å². The van der Waals surface area contributed by atoms with Gasteiger partial charge in [0.2, 0.25) is 7.37 Å². The number of rotatable bonds is 10. The quantitative estimate of drug-likeness (QED) is 0.306. The summed E-state index contributed by atoms with van der Waals surface area (Å²) in [4.78, 5) is 29.0. The van der Waals surface area contributed by atoms with Crippen LogP contribution in [0.5, 0.6) is 0 Å². The smallest absolute Gasteiger partial charge is 0.338 e. The minimum Gasteiger partial charge on any atom is -0.344 e. The predicted octanol–water partition coefficient (Wildman–Crippen LogP) is 4.48. The van der Waals surface area contributed by atoms with Crippen LogP contribution in [0.1, 0.15) is 64.2 Å². The summed E-state index contributed by atoms with van der Waals surface area (Å²) in [5.74, 6) is 0.616. The molecule has 2 unspecified atom stereocenters. The van der Waals surface area contributed by atoms with E-state index in [9.17, 15) is 23.8 Å². The lowest BCUT2D eigenvalue weighted by Crippen LogP contribution is -2.13. The maximum absolute atomic E-state index is 12.3. The van der Waals surface area contributed by atoms with Crippen molar-refractivity contribution in [1.82, 2.24) is 0 Å². The average molecular weight is 352 g/mol. The van der Waals surface area contributed by atoms with Crippen molar-refractivity contribution in [2.45, 2.75) is 69.6 Å². The van der Waals surface area contributed by atoms with Gasteiger partial charge < -0.3 is 14.7 Å². The number of allylic oxidation sites excluding steroid dienone is 1. The van der Waals surface area contributed by atoms with Crippen molar-refractivity contribution in [3.8, 4) is 0 Å². The Balaban J connectivity index is 2.54. The average Bonchev–Trinajstić information content (AvgIpc) is 2.43. The molecule has 0 saturated heterocycles. The van der Waals surface area contributed by atoms with Crippen LogP contribution in [0.2, 0.25) is 0 Å². The molecule has 1 rings (SSSR count). The molecule has 3 N–H and O–H groups in total. The van der Waals surface area contributed by atoms with E-state index in [-0.39, 0.29) is 12.6 Å². The second-order valence-electron chi connectivity index (χ2n) is 6.41. The van der Waals surface area contributed by atoms with Crippen LogP contribution in [0.25, 0.3) is 0 Å². The van der Waals surface area contributed by atoms with E-state index in [1.807, 2.05) is 0 Å². The van der Waals surface area contributed by atoms with Crippen LogP contribution in [-0.4, -0.2) is 26.2 Å². The normalized spacial score (nSPS) is 21.2. The van der Waals surface area contributed by atoms with Crippen LogP contribution in [0.15, 0.2) is 12.7 Å². The highest BCUT2D eigenvalue weighted by molar-refractivity contribution is 7.73. The molecule has 0 aliphatic heterocycles. The van der Waals surface area contributed by atoms with E-state index in [2.05, 4.69) is 6.58 Å². The van der Waals surface area contributed by atoms with Gasteiger partial charge in [-0.3, -0.25) is 9.13 Å². The zero-order chi connectivity index (χ0) is 16.6. The standard InChI is InChI=1S/C15H30O5P2/c1-2-3-7-13-21(16,17)15(22(18,19)20)12-8-11-14-9-5-4-6-10-14/h2,14-15H,1,3-13H2,(H,16,17)(H2,18,19,20). The van der Waals surface area contributed by atoms with Gasteiger partial charge in [-0.05, 0) is 25.2 Å². The van der Waals surface area contributed by atoms with E-state index in [1.165, 1.54) is 32.1 Å². The molecule has 1 aliphatic carbocycles. The third-order valence-corrected chi connectivity index (χ3v) is 9.71. The zero-order valence-electron chi connectivity index (χ0n) is 13.3. The van der Waals surface area contributed by atoms with Crippen molar-refractivity contribution in [3.63, 3.8) is 0 Å². The first kappa shape index (κ1) is 20.1. The van der Waals surface area contributed by atoms with E-state index in [0.717, 1.165) is 6.42 Å². The van der Waals surface area contributed by atoms with Crippen molar-refractivity contribution < 1.29 is 23.8 Å². The SMILES string of the molecule is C=CCCCP(=O)(O)C(CCCC1CCCCC1)P(=O)(O)O. The summed E-state index contributed by atoms with van der Waals surface area (Å²) in [5.41, 5.74) is 0. The Morgan fingerprint density at radius 3 is 2.27 bits per heavy atom. The van der Waals surface area contributed by atoms with Gasteiger partial charge in [-0.15, -0.1) is 6.58 Å². The van der Waals surface area contributed by atoms with E-state index in [0.29, 0.717) is 25.2 Å². The maximum atomic E-state index is 12.3. The fourth-order valence-electron chi connectivity index (χ4n) is 3.28. The Kier molecular flexibility index (Phi) is 8.59. The lowest BCUT2D eigenvalue weighted by molar-refractivity contribution is 0.324. The molecule has 2 atom stereocenters. The zero-order valence-corrected chi connectivity index (χ0v) is 15.1. The van der Waals surface area contributed by atoms with Crippen LogP contribution >= 0.6 is 15.0 Å². The minimum atomic E-state index is -4.55. The van der Waals surface area contributed by atoms with Gasteiger partial charge in [-0.2, -0.15) is 0 Å². The molecular weight excluding hydrogens is 322 g/mol. The third-order valence-electron chi connectivity index (χ3n) is 4.54. The molecule has 0 bridgehead atoms. The molecule has 0 aromatic rings. The number of hydrogen-bond donors (Lipinski definition) is 3. The first-order chi connectivity index (χ1) is 10.3. The molecule has 1 aliphatic rings. The van der Waals surface area contributed by atoms with Gasteiger partial charge in [-0.1, -0.05) is 51.0 Å². The summed E-state index contributed by atoms with van der Waals surface area (Å²) in [6.07, 6.45) is 10.4. The van der Waals surface area contributed by atoms with Crippen molar-refractivity contribution in [2.75, 3.05) is 6.16 Å². The molecule has 0 aromatic heterocycles. The Morgan fingerprint density at radius 1 is 1.09 bits per heavy atom. The highest BCUT2D eigenvalue weighted by atomic mass is 31.2. The highest BCUT2D eigenvalue weighted by Crippen LogP contribution is 2.64. The van der Waals surface area contributed by atoms with Crippen LogP contribution in [0.4, 0.5) is 0 Å². The second-order valence-corrected chi connectivity index (χ2v) is 11.2. The molecule has 1 fully saturated rings. The lowest BCUT2D eigenvalue weighted by atomic mass is 9.86. The summed E-state index contributed by atoms with van der Waals surface area (Å²) in [7, 11) is -8.39. The Morgan fingerprint density at radius 2 is 1.73 bits per heavy atom. The van der Waals surface area contributed by atoms with Gasteiger partial charge in [0.05, 0.1) is 0 Å². The summed E-state index contributed by atoms with van der Waals surface area (Å²) >= 11 is 0. The molecule has 0 spiro atoms. The topological polar surface area (TPSA) is 94.8 Å². The maximum Gasteiger partial charge on any atom is 0.338 e. The summed E-state index contributed by atoms with van der Waals surface area (Å²) < 4.78 is 24.0. The molecule has 0 aromatic carbocycles. The van der Waals surface area contributed by atoms with Crippen molar-refractivity contribution >= 4 is 15.0 Å². The molecule has 22 heavy (non-hydrogen) atoms. The van der Waals surface area contributed by atoms with Gasteiger partial charge in [0.25, 0.3) is 0 Å². The summed E-state index contributed by atoms with van der Waals surface area (Å²) in [6.45, 7) is 3.55. The first-order valence-corrected chi connectivity index (χ1v) is 11.8. The molecule has 5 nitrogen and oxygen atoms in total. The van der Waals surface area contributed by atoms with Gasteiger partial charge in [0.1, 0.15) is 5.40 Å². The van der Waals surface area contributed by atoms with Crippen molar-refractivity contribution in [2.24, 2.45) is 5.92 Å². The van der Waals surface area contributed by atoms with E-state index < -0.39 is 20.4 Å². The molecule has 0 heterocycles. The summed E-state index contributed by atoms with van der Waals surface area (Å²) in [5, 5.41) is -1.39. The van der Waals surface area contributed by atoms with Crippen LogP contribution in [0, 0.1) is 5.92 Å². The van der Waals surface area contributed by atoms with Crippen molar-refractivity contribution in [1.29, 1.82) is 0 Å². The minimum absolute atomic E-state index is 0.0434. The molecule has 7 heteroatoms. The first-order valence-electron chi connectivity index (χ1n) is 8.25. The largest absolute Gasteiger partial charge is 0.344 e. The van der Waals surface area contributed by atoms with Crippen LogP contribution in [-0.2, 0) is 9.13 Å². The summed E-state index contributed by atoms with van der Waals surface area (Å²) in [6, 6.07) is 0. The van der Waals surface area contributed by atoms with Gasteiger partial charge >= 0.3 is 7.60 Å². The Bertz CT molecular complexity index is 426. The van der Waals surface area contributed by atoms with E-state index >= 15 is 0 Å². The number of unbranched alkanes of at least 4 members (excludes halogenated alkanes) is 1. The highest BCUT2D eigenvalue weighted by Gasteiger charge is 2.42. The number of hydrogen-bond acceptors (Lipinski definition) is 2. The van der Waals surface area contributed by atoms with Crippen molar-refractivity contribution in [3.05, 3.63) is 12.7 Å². The molecule has 0 amide bonds. The van der Waals surface area contributed by atoms with Crippen LogP contribution in [0.3, 0.4) is 0 Å². The molecule has 1 saturated carbocycles.